The Bertz CT molecular complexity index is 335. The van der Waals surface area contributed by atoms with Gasteiger partial charge in [0.1, 0.15) is 0 Å². The standard InChI is InChI=1S/C25H51NO2/c1-5-9-13-14-15-16-17-18-19-20-24(25(27)28)26(21-10-6-2,22-11-7-3)23-12-8-4/h24H,5-23H2,1-4H3/p+1. The molecule has 168 valence electrons. The lowest BCUT2D eigenvalue weighted by Crippen LogP contribution is -2.60. The van der Waals surface area contributed by atoms with E-state index in [1.54, 1.807) is 0 Å². The van der Waals surface area contributed by atoms with Crippen LogP contribution < -0.4 is 0 Å². The van der Waals surface area contributed by atoms with Gasteiger partial charge in [0.05, 0.1) is 19.6 Å². The van der Waals surface area contributed by atoms with Crippen molar-refractivity contribution in [2.75, 3.05) is 19.6 Å². The zero-order valence-electron chi connectivity index (χ0n) is 19.8. The molecular weight excluding hydrogens is 346 g/mol. The molecule has 0 aliphatic carbocycles. The normalized spacial score (nSPS) is 13.0. The number of hydrogen-bond donors (Lipinski definition) is 1. The molecule has 28 heavy (non-hydrogen) atoms. The maximum Gasteiger partial charge on any atom is 0.362 e. The quantitative estimate of drug-likeness (QED) is 0.160. The fourth-order valence-corrected chi connectivity index (χ4v) is 4.50. The largest absolute Gasteiger partial charge is 0.477 e. The summed E-state index contributed by atoms with van der Waals surface area (Å²) in [6, 6.07) is -0.200. The monoisotopic (exact) mass is 398 g/mol. The van der Waals surface area contributed by atoms with Crippen molar-refractivity contribution in [2.45, 2.75) is 136 Å². The van der Waals surface area contributed by atoms with Gasteiger partial charge in [0.15, 0.2) is 6.04 Å². The molecule has 0 spiro atoms. The SMILES string of the molecule is CCCCCCCCCCCC(C(=O)O)[N+](CCCC)(CCCC)CCCC. The van der Waals surface area contributed by atoms with Crippen LogP contribution in [-0.2, 0) is 4.79 Å². The van der Waals surface area contributed by atoms with Crippen molar-refractivity contribution in [3.05, 3.63) is 0 Å². The summed E-state index contributed by atoms with van der Waals surface area (Å²) in [6.45, 7) is 12.1. The van der Waals surface area contributed by atoms with Gasteiger partial charge in [-0.05, 0) is 25.7 Å². The minimum atomic E-state index is -0.553. The van der Waals surface area contributed by atoms with E-state index < -0.39 is 5.97 Å². The van der Waals surface area contributed by atoms with Crippen LogP contribution in [0.25, 0.3) is 0 Å². The van der Waals surface area contributed by atoms with E-state index in [-0.39, 0.29) is 6.04 Å². The highest BCUT2D eigenvalue weighted by Crippen LogP contribution is 2.25. The van der Waals surface area contributed by atoms with Crippen molar-refractivity contribution in [1.29, 1.82) is 0 Å². The van der Waals surface area contributed by atoms with Crippen molar-refractivity contribution < 1.29 is 14.4 Å². The summed E-state index contributed by atoms with van der Waals surface area (Å²) in [4.78, 5) is 12.3. The van der Waals surface area contributed by atoms with Crippen LogP contribution in [0.4, 0.5) is 0 Å². The Morgan fingerprint density at radius 3 is 1.32 bits per heavy atom. The third-order valence-corrected chi connectivity index (χ3v) is 6.40. The van der Waals surface area contributed by atoms with Gasteiger partial charge >= 0.3 is 5.97 Å². The van der Waals surface area contributed by atoms with E-state index in [1.807, 2.05) is 0 Å². The Labute approximate surface area is 176 Å². The summed E-state index contributed by atoms with van der Waals surface area (Å²) in [5.41, 5.74) is 0. The second-order valence-electron chi connectivity index (χ2n) is 8.92. The average Bonchev–Trinajstić information content (AvgIpc) is 2.69. The summed E-state index contributed by atoms with van der Waals surface area (Å²) in [5.74, 6) is -0.553. The highest BCUT2D eigenvalue weighted by molar-refractivity contribution is 5.72. The highest BCUT2D eigenvalue weighted by atomic mass is 16.4. The van der Waals surface area contributed by atoms with E-state index in [4.69, 9.17) is 0 Å². The smallest absolute Gasteiger partial charge is 0.362 e. The van der Waals surface area contributed by atoms with Crippen LogP contribution >= 0.6 is 0 Å². The van der Waals surface area contributed by atoms with Crippen LogP contribution in [-0.4, -0.2) is 41.2 Å². The molecule has 0 fully saturated rings. The van der Waals surface area contributed by atoms with Crippen molar-refractivity contribution in [2.24, 2.45) is 0 Å². The van der Waals surface area contributed by atoms with Crippen molar-refractivity contribution in [3.63, 3.8) is 0 Å². The maximum absolute atomic E-state index is 12.3. The Morgan fingerprint density at radius 2 is 0.964 bits per heavy atom. The lowest BCUT2D eigenvalue weighted by atomic mass is 9.99. The molecule has 0 aliphatic heterocycles. The summed E-state index contributed by atoms with van der Waals surface area (Å²) in [6.07, 6.45) is 19.4. The fraction of sp³-hybridized carbons (Fsp3) is 0.960. The number of hydrogen-bond acceptors (Lipinski definition) is 1. The predicted octanol–water partition coefficient (Wildman–Crippen LogP) is 7.58. The fourth-order valence-electron chi connectivity index (χ4n) is 4.50. The van der Waals surface area contributed by atoms with Gasteiger partial charge in [0.25, 0.3) is 0 Å². The predicted molar refractivity (Wildman–Crippen MR) is 123 cm³/mol. The van der Waals surface area contributed by atoms with E-state index in [9.17, 15) is 9.90 Å². The molecule has 0 aromatic rings. The molecule has 3 nitrogen and oxygen atoms in total. The Morgan fingerprint density at radius 1 is 0.607 bits per heavy atom. The molecule has 0 saturated carbocycles. The van der Waals surface area contributed by atoms with Crippen LogP contribution in [0.1, 0.15) is 130 Å². The number of aliphatic carboxylic acids is 1. The molecule has 1 N–H and O–H groups in total. The Balaban J connectivity index is 4.70. The third-order valence-electron chi connectivity index (χ3n) is 6.40. The topological polar surface area (TPSA) is 37.3 Å². The van der Waals surface area contributed by atoms with Gasteiger partial charge in [-0.2, -0.15) is 0 Å². The molecule has 0 bridgehead atoms. The third kappa shape index (κ3) is 12.1. The van der Waals surface area contributed by atoms with Crippen LogP contribution in [0.5, 0.6) is 0 Å². The molecule has 0 saturated heterocycles. The van der Waals surface area contributed by atoms with Crippen LogP contribution in [0.2, 0.25) is 0 Å². The Kier molecular flexibility index (Phi) is 18.1. The molecule has 1 unspecified atom stereocenters. The van der Waals surface area contributed by atoms with Crippen LogP contribution in [0, 0.1) is 0 Å². The summed E-state index contributed by atoms with van der Waals surface area (Å²) < 4.78 is 0.835. The van der Waals surface area contributed by atoms with Gasteiger partial charge in [-0.25, -0.2) is 4.79 Å². The first-order valence-corrected chi connectivity index (χ1v) is 12.7. The van der Waals surface area contributed by atoms with E-state index >= 15 is 0 Å². The number of carboxylic acids is 1. The molecule has 0 aromatic carbocycles. The minimum absolute atomic E-state index is 0.200. The van der Waals surface area contributed by atoms with Gasteiger partial charge < -0.3 is 9.59 Å². The first kappa shape index (κ1) is 27.4. The van der Waals surface area contributed by atoms with Crippen molar-refractivity contribution in [3.8, 4) is 0 Å². The van der Waals surface area contributed by atoms with Gasteiger partial charge in [0, 0.05) is 6.42 Å². The van der Waals surface area contributed by atoms with E-state index in [2.05, 4.69) is 27.7 Å². The first-order chi connectivity index (χ1) is 13.6. The van der Waals surface area contributed by atoms with Gasteiger partial charge in [-0.1, -0.05) is 98.3 Å². The summed E-state index contributed by atoms with van der Waals surface area (Å²) in [5, 5.41) is 10.1. The van der Waals surface area contributed by atoms with Crippen molar-refractivity contribution in [1.82, 2.24) is 0 Å². The van der Waals surface area contributed by atoms with Gasteiger partial charge in [-0.3, -0.25) is 0 Å². The number of nitrogens with zero attached hydrogens (tertiary/aromatic N) is 1. The second-order valence-corrected chi connectivity index (χ2v) is 8.92. The van der Waals surface area contributed by atoms with Gasteiger partial charge in [-0.15, -0.1) is 0 Å². The number of quaternary nitrogens is 1. The Hall–Kier alpha value is -0.570. The number of unbranched alkanes of at least 4 members (excludes halogenated alkanes) is 11. The number of carbonyl (C=O) groups is 1. The highest BCUT2D eigenvalue weighted by Gasteiger charge is 2.40. The number of rotatable bonds is 21. The summed E-state index contributed by atoms with van der Waals surface area (Å²) in [7, 11) is 0. The second kappa shape index (κ2) is 18.5. The molecule has 0 aliphatic rings. The first-order valence-electron chi connectivity index (χ1n) is 12.7. The zero-order valence-corrected chi connectivity index (χ0v) is 19.8. The molecule has 0 radical (unpaired) electrons. The lowest BCUT2D eigenvalue weighted by molar-refractivity contribution is -0.944. The molecule has 3 heteroatoms. The molecule has 1 atom stereocenters. The van der Waals surface area contributed by atoms with E-state index in [1.165, 1.54) is 51.4 Å². The average molecular weight is 399 g/mol. The van der Waals surface area contributed by atoms with E-state index in [0.717, 1.165) is 75.5 Å². The molecule has 0 amide bonds. The van der Waals surface area contributed by atoms with Crippen molar-refractivity contribution >= 4 is 5.97 Å². The maximum atomic E-state index is 12.3. The minimum Gasteiger partial charge on any atom is -0.477 e. The molecular formula is C25H52NO2+. The zero-order chi connectivity index (χ0) is 21.1. The number of carboxylic acid groups (broad SMARTS) is 1. The lowest BCUT2D eigenvalue weighted by Gasteiger charge is -2.43. The molecule has 0 aromatic heterocycles. The summed E-state index contributed by atoms with van der Waals surface area (Å²) >= 11 is 0. The van der Waals surface area contributed by atoms with Gasteiger partial charge in [0.2, 0.25) is 0 Å². The molecule has 0 heterocycles. The van der Waals surface area contributed by atoms with E-state index in [0.29, 0.717) is 0 Å². The van der Waals surface area contributed by atoms with Crippen LogP contribution in [0.3, 0.4) is 0 Å². The molecule has 0 rings (SSSR count). The van der Waals surface area contributed by atoms with Crippen LogP contribution in [0.15, 0.2) is 0 Å².